The van der Waals surface area contributed by atoms with Crippen molar-refractivity contribution in [1.29, 1.82) is 0 Å². The Balaban J connectivity index is 1.93. The second-order valence-corrected chi connectivity index (χ2v) is 16.3. The van der Waals surface area contributed by atoms with E-state index in [9.17, 15) is 43.9 Å². The molecule has 0 radical (unpaired) electrons. The molecule has 0 spiro atoms. The summed E-state index contributed by atoms with van der Waals surface area (Å²) in [6.45, 7) is 4.91. The zero-order valence-electron chi connectivity index (χ0n) is 19.1. The van der Waals surface area contributed by atoms with E-state index in [1.54, 1.807) is 0 Å². The molecule has 0 unspecified atom stereocenters. The second kappa shape index (κ2) is 11.0. The summed E-state index contributed by atoms with van der Waals surface area (Å²) in [6.07, 6.45) is 0.919. The molecule has 0 fully saturated rings. The molecular formula is C21H22F10O2Si2. The predicted octanol–water partition coefficient (Wildman–Crippen LogP) is 5.81. The Bertz CT molecular complexity index is 965. The van der Waals surface area contributed by atoms with Gasteiger partial charge in [0.05, 0.1) is 0 Å². The van der Waals surface area contributed by atoms with E-state index < -0.39 is 85.2 Å². The van der Waals surface area contributed by atoms with Crippen LogP contribution in [0.4, 0.5) is 43.9 Å². The smallest absolute Gasteiger partial charge is 0.224 e. The first kappa shape index (κ1) is 29.3. The molecule has 0 saturated heterocycles. The molecule has 196 valence electrons. The van der Waals surface area contributed by atoms with Crippen molar-refractivity contribution in [3.8, 4) is 0 Å². The topological polar surface area (TPSA) is 18.5 Å². The van der Waals surface area contributed by atoms with Gasteiger partial charge in [-0.2, -0.15) is 0 Å². The molecule has 0 aromatic heterocycles. The van der Waals surface area contributed by atoms with Crippen LogP contribution in [-0.4, -0.2) is 29.8 Å². The molecule has 0 bridgehead atoms. The summed E-state index contributed by atoms with van der Waals surface area (Å²) in [5, 5.41) is -1.96. The summed E-state index contributed by atoms with van der Waals surface area (Å²) < 4.78 is 148. The molecule has 0 atom stereocenters. The molecule has 2 rings (SSSR count). The summed E-state index contributed by atoms with van der Waals surface area (Å²) in [6, 6.07) is 0. The standard InChI is InChI=1S/C21H22F10O2Si2/c1-34(2,20-16(28)12(24)10(22)13(25)17(20)29)32-8-6-5-7-9-33-35(3,4)21-18(30)14(26)11(23)15(27)19(21)31/h5-9H2,1-4H3. The van der Waals surface area contributed by atoms with Crippen LogP contribution >= 0.6 is 0 Å². The van der Waals surface area contributed by atoms with E-state index in [1.807, 2.05) is 0 Å². The van der Waals surface area contributed by atoms with Gasteiger partial charge in [0.1, 0.15) is 0 Å². The minimum absolute atomic E-state index is 0.0861. The van der Waals surface area contributed by atoms with E-state index >= 15 is 0 Å². The van der Waals surface area contributed by atoms with Gasteiger partial charge in [-0.3, -0.25) is 0 Å². The number of benzene rings is 2. The lowest BCUT2D eigenvalue weighted by molar-refractivity contribution is 0.274. The monoisotopic (exact) mass is 552 g/mol. The number of unbranched alkanes of at least 4 members (excludes halogenated alkanes) is 2. The molecule has 0 heterocycles. The Kier molecular flexibility index (Phi) is 9.22. The SMILES string of the molecule is C[Si](C)(OCCCCCO[Si](C)(C)c1c(F)c(F)c(F)c(F)c1F)c1c(F)c(F)c(F)c(F)c1F. The molecule has 35 heavy (non-hydrogen) atoms. The average molecular weight is 553 g/mol. The van der Waals surface area contributed by atoms with Crippen molar-refractivity contribution in [2.24, 2.45) is 0 Å². The van der Waals surface area contributed by atoms with Crippen LogP contribution < -0.4 is 10.4 Å². The largest absolute Gasteiger partial charge is 0.413 e. The van der Waals surface area contributed by atoms with Crippen molar-refractivity contribution in [3.63, 3.8) is 0 Å². The molecule has 0 aliphatic heterocycles. The Morgan fingerprint density at radius 1 is 0.400 bits per heavy atom. The molecule has 14 heteroatoms. The van der Waals surface area contributed by atoms with Crippen molar-refractivity contribution in [2.45, 2.75) is 45.5 Å². The van der Waals surface area contributed by atoms with Gasteiger partial charge in [-0.05, 0) is 45.5 Å². The minimum Gasteiger partial charge on any atom is -0.413 e. The highest BCUT2D eigenvalue weighted by molar-refractivity contribution is 6.85. The summed E-state index contributed by atoms with van der Waals surface area (Å²) >= 11 is 0. The first-order chi connectivity index (χ1) is 16.1. The van der Waals surface area contributed by atoms with Gasteiger partial charge in [-0.25, -0.2) is 43.9 Å². The molecule has 2 aromatic rings. The van der Waals surface area contributed by atoms with E-state index in [0.29, 0.717) is 6.42 Å². The number of rotatable bonds is 10. The van der Waals surface area contributed by atoms with Crippen LogP contribution in [0.25, 0.3) is 0 Å². The maximum Gasteiger partial charge on any atom is 0.224 e. The Hall–Kier alpha value is -1.91. The third-order valence-electron chi connectivity index (χ3n) is 5.34. The summed E-state index contributed by atoms with van der Waals surface area (Å²) in [5.74, 6) is -20.5. The van der Waals surface area contributed by atoms with Crippen LogP contribution in [0.15, 0.2) is 0 Å². The summed E-state index contributed by atoms with van der Waals surface area (Å²) in [4.78, 5) is 0. The molecule has 0 amide bonds. The normalized spacial score (nSPS) is 12.5. The molecule has 0 aliphatic rings. The van der Waals surface area contributed by atoms with Gasteiger partial charge >= 0.3 is 0 Å². The fourth-order valence-electron chi connectivity index (χ4n) is 3.45. The first-order valence-electron chi connectivity index (χ1n) is 10.4. The van der Waals surface area contributed by atoms with Gasteiger partial charge in [-0.15, -0.1) is 0 Å². The van der Waals surface area contributed by atoms with Crippen LogP contribution in [0.1, 0.15) is 19.3 Å². The highest BCUT2D eigenvalue weighted by Crippen LogP contribution is 2.22. The third kappa shape index (κ3) is 5.92. The molecule has 2 aromatic carbocycles. The fraction of sp³-hybridized carbons (Fsp3) is 0.429. The van der Waals surface area contributed by atoms with E-state index in [1.165, 1.54) is 26.2 Å². The first-order valence-corrected chi connectivity index (χ1v) is 16.2. The Labute approximate surface area is 197 Å². The quantitative estimate of drug-likeness (QED) is 0.122. The maximum absolute atomic E-state index is 14.1. The van der Waals surface area contributed by atoms with Crippen LogP contribution in [0, 0.1) is 58.2 Å². The Morgan fingerprint density at radius 3 is 0.886 bits per heavy atom. The predicted molar refractivity (Wildman–Crippen MR) is 112 cm³/mol. The van der Waals surface area contributed by atoms with E-state index in [4.69, 9.17) is 8.85 Å². The summed E-state index contributed by atoms with van der Waals surface area (Å²) in [5.41, 5.74) is 0. The number of halogens is 10. The van der Waals surface area contributed by atoms with Crippen molar-refractivity contribution >= 4 is 27.0 Å². The van der Waals surface area contributed by atoms with E-state index in [2.05, 4.69) is 0 Å². The van der Waals surface area contributed by atoms with Crippen LogP contribution in [0.2, 0.25) is 26.2 Å². The fourth-order valence-corrected chi connectivity index (χ4v) is 7.60. The zero-order valence-corrected chi connectivity index (χ0v) is 21.1. The lowest BCUT2D eigenvalue weighted by Crippen LogP contribution is -2.50. The summed E-state index contributed by atoms with van der Waals surface area (Å²) in [7, 11) is -7.06. The molecule has 0 saturated carbocycles. The van der Waals surface area contributed by atoms with Crippen molar-refractivity contribution in [1.82, 2.24) is 0 Å². The number of hydrogen-bond donors (Lipinski definition) is 0. The highest BCUT2D eigenvalue weighted by Gasteiger charge is 2.39. The zero-order chi connectivity index (χ0) is 26.9. The third-order valence-corrected chi connectivity index (χ3v) is 10.5. The molecule has 0 aliphatic carbocycles. The van der Waals surface area contributed by atoms with E-state index in [0.717, 1.165) is 0 Å². The van der Waals surface area contributed by atoms with Crippen LogP contribution in [-0.2, 0) is 8.85 Å². The average Bonchev–Trinajstić information content (AvgIpc) is 2.78. The minimum atomic E-state index is -3.53. The van der Waals surface area contributed by atoms with Gasteiger partial charge in [0.25, 0.3) is 0 Å². The number of hydrogen-bond acceptors (Lipinski definition) is 2. The molecule has 2 nitrogen and oxygen atoms in total. The lowest BCUT2D eigenvalue weighted by atomic mass is 10.2. The molecular weight excluding hydrogens is 530 g/mol. The second-order valence-electron chi connectivity index (χ2n) is 8.67. The van der Waals surface area contributed by atoms with Gasteiger partial charge in [0.15, 0.2) is 46.5 Å². The molecule has 0 N–H and O–H groups in total. The van der Waals surface area contributed by atoms with Gasteiger partial charge in [-0.1, -0.05) is 0 Å². The van der Waals surface area contributed by atoms with Crippen molar-refractivity contribution in [2.75, 3.05) is 13.2 Å². The lowest BCUT2D eigenvalue weighted by Gasteiger charge is -2.25. The van der Waals surface area contributed by atoms with Gasteiger partial charge < -0.3 is 8.85 Å². The highest BCUT2D eigenvalue weighted by atomic mass is 28.4. The Morgan fingerprint density at radius 2 is 0.629 bits per heavy atom. The van der Waals surface area contributed by atoms with Crippen LogP contribution in [0.5, 0.6) is 0 Å². The van der Waals surface area contributed by atoms with Gasteiger partial charge in [0, 0.05) is 23.6 Å². The van der Waals surface area contributed by atoms with E-state index in [-0.39, 0.29) is 26.1 Å². The van der Waals surface area contributed by atoms with Crippen molar-refractivity contribution in [3.05, 3.63) is 58.2 Å². The van der Waals surface area contributed by atoms with Crippen LogP contribution in [0.3, 0.4) is 0 Å². The maximum atomic E-state index is 14.1. The van der Waals surface area contributed by atoms with Gasteiger partial charge in [0.2, 0.25) is 28.3 Å². The van der Waals surface area contributed by atoms with Crippen molar-refractivity contribution < 1.29 is 52.8 Å².